The number of carbonyl (C=O) groups excluding carboxylic acids is 1. The standard InChI is InChI=1S/C26H23N5OS/c1-16-8-10-19(11-9-16)24-29-30-25-26(28-21-6-4-5-7-22(21)31(24)25)33-15-23(32)27-20-13-17(2)12-18(3)14-20/h4-14H,15H2,1-3H3,(H,27,32). The zero-order chi connectivity index (χ0) is 22.9. The number of anilines is 1. The van der Waals surface area contributed by atoms with Crippen molar-refractivity contribution in [1.29, 1.82) is 0 Å². The molecule has 0 spiro atoms. The molecule has 2 aromatic heterocycles. The van der Waals surface area contributed by atoms with Crippen LogP contribution in [0.3, 0.4) is 0 Å². The SMILES string of the molecule is Cc1ccc(-c2nnc3c(SCC(=O)Nc4cc(C)cc(C)c4)nc4ccccc4n23)cc1. The number of amides is 1. The van der Waals surface area contributed by atoms with Crippen LogP contribution in [0.4, 0.5) is 5.69 Å². The third-order valence-corrected chi connectivity index (χ3v) is 6.31. The van der Waals surface area contributed by atoms with Gasteiger partial charge in [0.05, 0.1) is 16.8 Å². The number of thioether (sulfide) groups is 1. The number of hydrogen-bond donors (Lipinski definition) is 1. The molecule has 0 radical (unpaired) electrons. The van der Waals surface area contributed by atoms with Crippen LogP contribution in [0.5, 0.6) is 0 Å². The van der Waals surface area contributed by atoms with Gasteiger partial charge in [0.25, 0.3) is 0 Å². The molecule has 7 heteroatoms. The van der Waals surface area contributed by atoms with E-state index in [1.54, 1.807) is 0 Å². The van der Waals surface area contributed by atoms with E-state index in [0.717, 1.165) is 39.2 Å². The number of aryl methyl sites for hydroxylation is 3. The van der Waals surface area contributed by atoms with Gasteiger partial charge in [-0.2, -0.15) is 0 Å². The van der Waals surface area contributed by atoms with Gasteiger partial charge in [-0.1, -0.05) is 59.8 Å². The summed E-state index contributed by atoms with van der Waals surface area (Å²) in [7, 11) is 0. The number of rotatable bonds is 5. The number of fused-ring (bicyclic) bond motifs is 3. The Morgan fingerprint density at radius 3 is 2.39 bits per heavy atom. The lowest BCUT2D eigenvalue weighted by atomic mass is 10.1. The third kappa shape index (κ3) is 4.32. The van der Waals surface area contributed by atoms with E-state index in [0.29, 0.717) is 10.7 Å². The molecule has 0 fully saturated rings. The molecule has 164 valence electrons. The molecule has 1 N–H and O–H groups in total. The van der Waals surface area contributed by atoms with Gasteiger partial charge >= 0.3 is 0 Å². The molecule has 6 nitrogen and oxygen atoms in total. The second kappa shape index (κ2) is 8.67. The lowest BCUT2D eigenvalue weighted by Gasteiger charge is -2.10. The fourth-order valence-corrected chi connectivity index (χ4v) is 4.69. The lowest BCUT2D eigenvalue weighted by Crippen LogP contribution is -2.14. The number of nitrogens with zero attached hydrogens (tertiary/aromatic N) is 4. The second-order valence-electron chi connectivity index (χ2n) is 8.17. The average molecular weight is 454 g/mol. The third-order valence-electron chi connectivity index (χ3n) is 5.35. The average Bonchev–Trinajstić information content (AvgIpc) is 3.23. The normalized spacial score (nSPS) is 11.2. The molecule has 0 unspecified atom stereocenters. The highest BCUT2D eigenvalue weighted by molar-refractivity contribution is 8.00. The van der Waals surface area contributed by atoms with Crippen LogP contribution < -0.4 is 5.32 Å². The first kappa shape index (κ1) is 21.2. The van der Waals surface area contributed by atoms with Crippen LogP contribution in [0.25, 0.3) is 28.1 Å². The summed E-state index contributed by atoms with van der Waals surface area (Å²) in [5.41, 5.74) is 7.60. The first-order valence-electron chi connectivity index (χ1n) is 10.7. The fourth-order valence-electron chi connectivity index (χ4n) is 3.92. The molecule has 5 rings (SSSR count). The van der Waals surface area contributed by atoms with E-state index in [1.807, 2.05) is 66.8 Å². The molecule has 0 saturated carbocycles. The highest BCUT2D eigenvalue weighted by atomic mass is 32.2. The van der Waals surface area contributed by atoms with Crippen molar-refractivity contribution < 1.29 is 4.79 Å². The van der Waals surface area contributed by atoms with E-state index >= 15 is 0 Å². The van der Waals surface area contributed by atoms with Crippen molar-refractivity contribution in [2.45, 2.75) is 25.8 Å². The molecule has 0 aliphatic carbocycles. The van der Waals surface area contributed by atoms with Crippen LogP contribution in [0.1, 0.15) is 16.7 Å². The fraction of sp³-hybridized carbons (Fsp3) is 0.154. The Morgan fingerprint density at radius 1 is 0.909 bits per heavy atom. The minimum Gasteiger partial charge on any atom is -0.325 e. The first-order valence-corrected chi connectivity index (χ1v) is 11.7. The molecule has 1 amide bonds. The van der Waals surface area contributed by atoms with Crippen molar-refractivity contribution in [2.75, 3.05) is 11.1 Å². The van der Waals surface area contributed by atoms with Crippen molar-refractivity contribution >= 4 is 40.0 Å². The number of carbonyl (C=O) groups is 1. The predicted molar refractivity (Wildman–Crippen MR) is 134 cm³/mol. The van der Waals surface area contributed by atoms with Crippen molar-refractivity contribution in [3.05, 3.63) is 83.4 Å². The van der Waals surface area contributed by atoms with Gasteiger partial charge in [0.1, 0.15) is 5.03 Å². The highest BCUT2D eigenvalue weighted by Gasteiger charge is 2.17. The molecule has 3 aromatic carbocycles. The minimum atomic E-state index is -0.0867. The molecule has 2 heterocycles. The Hall–Kier alpha value is -3.71. The van der Waals surface area contributed by atoms with Crippen LogP contribution in [0, 0.1) is 20.8 Å². The summed E-state index contributed by atoms with van der Waals surface area (Å²) in [5, 5.41) is 12.6. The van der Waals surface area contributed by atoms with Crippen molar-refractivity contribution in [1.82, 2.24) is 19.6 Å². The predicted octanol–water partition coefficient (Wildman–Crippen LogP) is 5.60. The Bertz CT molecular complexity index is 1470. The number of aromatic nitrogens is 4. The largest absolute Gasteiger partial charge is 0.325 e. The van der Waals surface area contributed by atoms with Crippen LogP contribution in [0.15, 0.2) is 71.8 Å². The summed E-state index contributed by atoms with van der Waals surface area (Å²) in [6, 6.07) is 22.1. The van der Waals surface area contributed by atoms with Gasteiger partial charge in [-0.15, -0.1) is 10.2 Å². The number of benzene rings is 3. The van der Waals surface area contributed by atoms with Gasteiger partial charge in [-0.05, 0) is 56.2 Å². The molecule has 5 aromatic rings. The van der Waals surface area contributed by atoms with Gasteiger partial charge in [0, 0.05) is 11.3 Å². The maximum atomic E-state index is 12.7. The van der Waals surface area contributed by atoms with Crippen molar-refractivity contribution in [3.8, 4) is 11.4 Å². The van der Waals surface area contributed by atoms with Gasteiger partial charge in [0.2, 0.25) is 5.91 Å². The molecular formula is C26H23N5OS. The molecule has 0 aliphatic heterocycles. The van der Waals surface area contributed by atoms with Gasteiger partial charge in [-0.3, -0.25) is 9.20 Å². The first-order chi connectivity index (χ1) is 16.0. The topological polar surface area (TPSA) is 72.2 Å². The molecule has 0 atom stereocenters. The van der Waals surface area contributed by atoms with Gasteiger partial charge in [0.15, 0.2) is 11.5 Å². The van der Waals surface area contributed by atoms with Crippen LogP contribution in [0.2, 0.25) is 0 Å². The van der Waals surface area contributed by atoms with E-state index in [-0.39, 0.29) is 11.7 Å². The summed E-state index contributed by atoms with van der Waals surface area (Å²) in [6.07, 6.45) is 0. The van der Waals surface area contributed by atoms with Crippen LogP contribution in [-0.2, 0) is 4.79 Å². The number of para-hydroxylation sites is 2. The van der Waals surface area contributed by atoms with Crippen LogP contribution in [-0.4, -0.2) is 31.2 Å². The Balaban J connectivity index is 1.49. The number of nitrogens with one attached hydrogen (secondary N) is 1. The molecule has 0 saturated heterocycles. The van der Waals surface area contributed by atoms with Crippen molar-refractivity contribution in [2.24, 2.45) is 0 Å². The van der Waals surface area contributed by atoms with Crippen LogP contribution >= 0.6 is 11.8 Å². The van der Waals surface area contributed by atoms with E-state index in [2.05, 4.69) is 40.6 Å². The van der Waals surface area contributed by atoms with E-state index in [9.17, 15) is 4.79 Å². The van der Waals surface area contributed by atoms with E-state index < -0.39 is 0 Å². The maximum absolute atomic E-state index is 12.7. The zero-order valence-electron chi connectivity index (χ0n) is 18.7. The van der Waals surface area contributed by atoms with Gasteiger partial charge < -0.3 is 5.32 Å². The highest BCUT2D eigenvalue weighted by Crippen LogP contribution is 2.29. The molecule has 33 heavy (non-hydrogen) atoms. The molecule has 0 aliphatic rings. The molecular weight excluding hydrogens is 430 g/mol. The Morgan fingerprint density at radius 2 is 1.64 bits per heavy atom. The monoisotopic (exact) mass is 453 g/mol. The molecule has 0 bridgehead atoms. The lowest BCUT2D eigenvalue weighted by molar-refractivity contribution is -0.113. The van der Waals surface area contributed by atoms with Gasteiger partial charge in [-0.25, -0.2) is 4.98 Å². The summed E-state index contributed by atoms with van der Waals surface area (Å²) < 4.78 is 2.02. The quantitative estimate of drug-likeness (QED) is 0.351. The maximum Gasteiger partial charge on any atom is 0.234 e. The van der Waals surface area contributed by atoms with Crippen molar-refractivity contribution in [3.63, 3.8) is 0 Å². The smallest absolute Gasteiger partial charge is 0.234 e. The Labute approximate surface area is 196 Å². The van der Waals surface area contributed by atoms with E-state index in [1.165, 1.54) is 17.3 Å². The zero-order valence-corrected chi connectivity index (χ0v) is 19.5. The minimum absolute atomic E-state index is 0.0867. The summed E-state index contributed by atoms with van der Waals surface area (Å²) in [6.45, 7) is 6.09. The summed E-state index contributed by atoms with van der Waals surface area (Å²) in [5.74, 6) is 0.891. The summed E-state index contributed by atoms with van der Waals surface area (Å²) in [4.78, 5) is 17.5. The summed E-state index contributed by atoms with van der Waals surface area (Å²) >= 11 is 1.36. The second-order valence-corrected chi connectivity index (χ2v) is 9.13. The van der Waals surface area contributed by atoms with E-state index in [4.69, 9.17) is 4.98 Å². The Kier molecular flexibility index (Phi) is 5.56. The number of hydrogen-bond acceptors (Lipinski definition) is 5.